The maximum absolute atomic E-state index is 8.59. The summed E-state index contributed by atoms with van der Waals surface area (Å²) >= 11 is 1.79. The molecule has 1 aromatic rings. The Labute approximate surface area is 88.9 Å². The lowest BCUT2D eigenvalue weighted by molar-refractivity contribution is 0.296. The molecule has 0 saturated heterocycles. The molecule has 0 aliphatic carbocycles. The van der Waals surface area contributed by atoms with Gasteiger partial charge in [0.2, 0.25) is 0 Å². The molecule has 80 valence electrons. The van der Waals surface area contributed by atoms with Crippen LogP contribution in [0.3, 0.4) is 0 Å². The summed E-state index contributed by atoms with van der Waals surface area (Å²) < 4.78 is 5.56. The first-order chi connectivity index (χ1) is 6.86. The minimum Gasteiger partial charge on any atom is -0.464 e. The zero-order valence-electron chi connectivity index (χ0n) is 8.45. The Kier molecular flexibility index (Phi) is 5.75. The summed E-state index contributed by atoms with van der Waals surface area (Å²) in [7, 11) is 1.90. The van der Waals surface area contributed by atoms with Gasteiger partial charge in [0, 0.05) is 6.61 Å². The van der Waals surface area contributed by atoms with Crippen LogP contribution in [0.1, 0.15) is 17.9 Å². The molecule has 0 fully saturated rings. The van der Waals surface area contributed by atoms with Gasteiger partial charge in [-0.15, -0.1) is 0 Å². The van der Waals surface area contributed by atoms with E-state index in [1.807, 2.05) is 19.2 Å². The number of thioether (sulfide) groups is 1. The summed E-state index contributed by atoms with van der Waals surface area (Å²) in [6, 6.07) is 4.01. The van der Waals surface area contributed by atoms with Gasteiger partial charge in [0.05, 0.1) is 12.3 Å². The van der Waals surface area contributed by atoms with E-state index >= 15 is 0 Å². The van der Waals surface area contributed by atoms with Gasteiger partial charge >= 0.3 is 0 Å². The number of rotatable bonds is 7. The quantitative estimate of drug-likeness (QED) is 0.678. The number of hydrogen-bond donors (Lipinski definition) is 2. The smallest absolute Gasteiger partial charge is 0.117 e. The molecule has 0 aliphatic heterocycles. The highest BCUT2D eigenvalue weighted by Gasteiger charge is 2.00. The molecule has 1 aromatic heterocycles. The standard InChI is InChI=1S/C10H17NO2S/c1-11-7-9-3-4-10(13-9)8-14-6-2-5-12/h3-4,11-12H,2,5-8H2,1H3. The lowest BCUT2D eigenvalue weighted by atomic mass is 10.4. The zero-order chi connectivity index (χ0) is 10.2. The van der Waals surface area contributed by atoms with Crippen molar-refractivity contribution < 1.29 is 9.52 Å². The van der Waals surface area contributed by atoms with Crippen LogP contribution in [0.2, 0.25) is 0 Å². The molecule has 4 heteroatoms. The molecule has 0 aliphatic rings. The second-order valence-corrected chi connectivity index (χ2v) is 4.13. The predicted molar refractivity (Wildman–Crippen MR) is 59.3 cm³/mol. The van der Waals surface area contributed by atoms with Crippen LogP contribution in [-0.4, -0.2) is 24.5 Å². The van der Waals surface area contributed by atoms with Crippen molar-refractivity contribution in [3.05, 3.63) is 23.7 Å². The molecule has 1 rings (SSSR count). The van der Waals surface area contributed by atoms with Gasteiger partial charge in [-0.2, -0.15) is 11.8 Å². The van der Waals surface area contributed by atoms with Crippen LogP contribution < -0.4 is 5.32 Å². The largest absolute Gasteiger partial charge is 0.464 e. The molecule has 0 amide bonds. The summed E-state index contributed by atoms with van der Waals surface area (Å²) in [4.78, 5) is 0. The van der Waals surface area contributed by atoms with E-state index in [0.29, 0.717) is 0 Å². The molecule has 0 aromatic carbocycles. The zero-order valence-corrected chi connectivity index (χ0v) is 9.27. The second-order valence-electron chi connectivity index (χ2n) is 3.03. The van der Waals surface area contributed by atoms with E-state index in [1.54, 1.807) is 11.8 Å². The Morgan fingerprint density at radius 2 is 2.21 bits per heavy atom. The highest BCUT2D eigenvalue weighted by molar-refractivity contribution is 7.98. The van der Waals surface area contributed by atoms with Crippen molar-refractivity contribution in [1.29, 1.82) is 0 Å². The monoisotopic (exact) mass is 215 g/mol. The number of nitrogens with one attached hydrogen (secondary N) is 1. The topological polar surface area (TPSA) is 45.4 Å². The molecule has 14 heavy (non-hydrogen) atoms. The Bertz CT molecular complexity index is 250. The van der Waals surface area contributed by atoms with E-state index in [9.17, 15) is 0 Å². The lowest BCUT2D eigenvalue weighted by Gasteiger charge is -1.97. The third kappa shape index (κ3) is 4.17. The number of aliphatic hydroxyl groups excluding tert-OH is 1. The summed E-state index contributed by atoms with van der Waals surface area (Å²) in [6.45, 7) is 1.05. The fourth-order valence-electron chi connectivity index (χ4n) is 1.11. The van der Waals surface area contributed by atoms with Gasteiger partial charge in [-0.1, -0.05) is 0 Å². The molecule has 0 atom stereocenters. The van der Waals surface area contributed by atoms with E-state index in [-0.39, 0.29) is 6.61 Å². The van der Waals surface area contributed by atoms with Crippen molar-refractivity contribution in [2.45, 2.75) is 18.7 Å². The summed E-state index contributed by atoms with van der Waals surface area (Å²) in [5, 5.41) is 11.6. The first kappa shape index (κ1) is 11.6. The molecular formula is C10H17NO2S. The second kappa shape index (κ2) is 6.92. The van der Waals surface area contributed by atoms with Crippen LogP contribution in [0.15, 0.2) is 16.5 Å². The molecule has 0 saturated carbocycles. The average molecular weight is 215 g/mol. The predicted octanol–water partition coefficient (Wildman–Crippen LogP) is 1.61. The first-order valence-corrected chi connectivity index (χ1v) is 5.93. The molecule has 0 radical (unpaired) electrons. The third-order valence-electron chi connectivity index (χ3n) is 1.76. The third-order valence-corrected chi connectivity index (χ3v) is 2.83. The molecule has 1 heterocycles. The van der Waals surface area contributed by atoms with Crippen LogP contribution in [-0.2, 0) is 12.3 Å². The first-order valence-electron chi connectivity index (χ1n) is 4.77. The minimum absolute atomic E-state index is 0.274. The Morgan fingerprint density at radius 3 is 2.93 bits per heavy atom. The van der Waals surface area contributed by atoms with Crippen LogP contribution in [0, 0.1) is 0 Å². The van der Waals surface area contributed by atoms with Crippen LogP contribution in [0.25, 0.3) is 0 Å². The van der Waals surface area contributed by atoms with Crippen LogP contribution in [0.5, 0.6) is 0 Å². The van der Waals surface area contributed by atoms with Crippen molar-refractivity contribution in [2.24, 2.45) is 0 Å². The maximum atomic E-state index is 8.59. The molecule has 2 N–H and O–H groups in total. The molecule has 0 bridgehead atoms. The lowest BCUT2D eigenvalue weighted by Crippen LogP contribution is -2.03. The summed E-state index contributed by atoms with van der Waals surface area (Å²) in [5.41, 5.74) is 0. The van der Waals surface area contributed by atoms with Gasteiger partial charge in [-0.3, -0.25) is 0 Å². The van der Waals surface area contributed by atoms with Crippen molar-refractivity contribution in [1.82, 2.24) is 5.32 Å². The Hall–Kier alpha value is -0.450. The fourth-order valence-corrected chi connectivity index (χ4v) is 1.94. The number of furan rings is 1. The Morgan fingerprint density at radius 1 is 1.43 bits per heavy atom. The number of aliphatic hydroxyl groups is 1. The average Bonchev–Trinajstić information content (AvgIpc) is 2.61. The van der Waals surface area contributed by atoms with Crippen molar-refractivity contribution in [3.8, 4) is 0 Å². The van der Waals surface area contributed by atoms with Gasteiger partial charge < -0.3 is 14.8 Å². The van der Waals surface area contributed by atoms with Gasteiger partial charge in [0.25, 0.3) is 0 Å². The van der Waals surface area contributed by atoms with Gasteiger partial charge in [0.1, 0.15) is 11.5 Å². The van der Waals surface area contributed by atoms with Crippen LogP contribution in [0.4, 0.5) is 0 Å². The highest BCUT2D eigenvalue weighted by Crippen LogP contribution is 2.15. The Balaban J connectivity index is 2.22. The minimum atomic E-state index is 0.274. The van der Waals surface area contributed by atoms with Crippen LogP contribution >= 0.6 is 11.8 Å². The fraction of sp³-hybridized carbons (Fsp3) is 0.600. The van der Waals surface area contributed by atoms with Gasteiger partial charge in [-0.25, -0.2) is 0 Å². The van der Waals surface area contributed by atoms with E-state index in [2.05, 4.69) is 5.32 Å². The van der Waals surface area contributed by atoms with E-state index in [1.165, 1.54) is 0 Å². The van der Waals surface area contributed by atoms with Crippen molar-refractivity contribution >= 4 is 11.8 Å². The molecule has 0 spiro atoms. The highest BCUT2D eigenvalue weighted by atomic mass is 32.2. The maximum Gasteiger partial charge on any atom is 0.117 e. The van der Waals surface area contributed by atoms with Gasteiger partial charge in [-0.05, 0) is 31.4 Å². The van der Waals surface area contributed by atoms with Crippen molar-refractivity contribution in [2.75, 3.05) is 19.4 Å². The number of hydrogen-bond acceptors (Lipinski definition) is 4. The van der Waals surface area contributed by atoms with E-state index < -0.39 is 0 Å². The SMILES string of the molecule is CNCc1ccc(CSCCCO)o1. The van der Waals surface area contributed by atoms with E-state index in [4.69, 9.17) is 9.52 Å². The molecule has 3 nitrogen and oxygen atoms in total. The van der Waals surface area contributed by atoms with Gasteiger partial charge in [0.15, 0.2) is 0 Å². The van der Waals surface area contributed by atoms with E-state index in [0.717, 1.165) is 36.0 Å². The van der Waals surface area contributed by atoms with Crippen molar-refractivity contribution in [3.63, 3.8) is 0 Å². The summed E-state index contributed by atoms with van der Waals surface area (Å²) in [6.07, 6.45) is 0.856. The molecule has 0 unspecified atom stereocenters. The molecular weight excluding hydrogens is 198 g/mol. The normalized spacial score (nSPS) is 10.7. The summed E-state index contributed by atoms with van der Waals surface area (Å²) in [5.74, 6) is 3.87.